The summed E-state index contributed by atoms with van der Waals surface area (Å²) in [5, 5.41) is 0. The Morgan fingerprint density at radius 2 is 2.50 bits per heavy atom. The van der Waals surface area contributed by atoms with Crippen molar-refractivity contribution in [1.29, 1.82) is 0 Å². The number of alkyl halides is 1. The standard InChI is InChI=1S/C3H2ClNO3/c4-1-8-3(7)5-2-6/h1H2. The van der Waals surface area contributed by atoms with Crippen LogP contribution >= 0.6 is 11.6 Å². The number of carbonyl (C=O) groups is 1. The number of aliphatic imine (C=N–C) groups is 1. The van der Waals surface area contributed by atoms with E-state index in [0.717, 1.165) is 6.08 Å². The minimum atomic E-state index is -1.02. The van der Waals surface area contributed by atoms with Gasteiger partial charge in [0, 0.05) is 0 Å². The third-order valence-electron chi connectivity index (χ3n) is 0.315. The van der Waals surface area contributed by atoms with E-state index in [0.29, 0.717) is 0 Å². The number of amides is 1. The van der Waals surface area contributed by atoms with E-state index >= 15 is 0 Å². The third-order valence-corrected chi connectivity index (χ3v) is 0.424. The SMILES string of the molecule is O=C=NC(=O)OCCl. The lowest BCUT2D eigenvalue weighted by molar-refractivity contribution is 0.176. The monoisotopic (exact) mass is 135 g/mol. The van der Waals surface area contributed by atoms with Crippen molar-refractivity contribution >= 4 is 23.8 Å². The van der Waals surface area contributed by atoms with Crippen molar-refractivity contribution in [3.63, 3.8) is 0 Å². The lowest BCUT2D eigenvalue weighted by Crippen LogP contribution is -1.94. The molecule has 0 aromatic carbocycles. The van der Waals surface area contributed by atoms with Crippen molar-refractivity contribution in [2.45, 2.75) is 0 Å². The van der Waals surface area contributed by atoms with Crippen LogP contribution in [0.4, 0.5) is 4.79 Å². The van der Waals surface area contributed by atoms with Crippen molar-refractivity contribution in [3.8, 4) is 0 Å². The van der Waals surface area contributed by atoms with Gasteiger partial charge in [0.15, 0.2) is 6.07 Å². The summed E-state index contributed by atoms with van der Waals surface area (Å²) in [6.45, 7) is 0. The van der Waals surface area contributed by atoms with Gasteiger partial charge >= 0.3 is 6.09 Å². The molecule has 0 bridgehead atoms. The third kappa shape index (κ3) is 3.33. The summed E-state index contributed by atoms with van der Waals surface area (Å²) in [5.74, 6) is 0. The van der Waals surface area contributed by atoms with Crippen molar-refractivity contribution < 1.29 is 14.3 Å². The van der Waals surface area contributed by atoms with Gasteiger partial charge in [-0.2, -0.15) is 0 Å². The molecule has 0 atom stereocenters. The molecule has 0 aromatic heterocycles. The second-order valence-electron chi connectivity index (χ2n) is 0.722. The number of halogens is 1. The Morgan fingerprint density at radius 1 is 1.88 bits per heavy atom. The van der Waals surface area contributed by atoms with Gasteiger partial charge in [-0.3, -0.25) is 0 Å². The first-order valence-electron chi connectivity index (χ1n) is 1.62. The maximum Gasteiger partial charge on any atom is 0.445 e. The van der Waals surface area contributed by atoms with E-state index in [9.17, 15) is 9.59 Å². The van der Waals surface area contributed by atoms with E-state index in [2.05, 4.69) is 9.73 Å². The van der Waals surface area contributed by atoms with Crippen LogP contribution in [0.25, 0.3) is 0 Å². The second kappa shape index (κ2) is 4.30. The molecule has 0 aromatic rings. The maximum atomic E-state index is 9.91. The zero-order valence-corrected chi connectivity index (χ0v) is 4.51. The van der Waals surface area contributed by atoms with Crippen molar-refractivity contribution in [2.24, 2.45) is 4.99 Å². The van der Waals surface area contributed by atoms with Gasteiger partial charge < -0.3 is 4.74 Å². The lowest BCUT2D eigenvalue weighted by atomic mass is 11.2. The fourth-order valence-corrected chi connectivity index (χ4v) is 0.210. The maximum absolute atomic E-state index is 9.91. The quantitative estimate of drug-likeness (QED) is 0.301. The van der Waals surface area contributed by atoms with Gasteiger partial charge in [0.1, 0.15) is 0 Å². The molecule has 0 rings (SSSR count). The molecule has 0 aliphatic carbocycles. The molecule has 4 nitrogen and oxygen atoms in total. The fraction of sp³-hybridized carbons (Fsp3) is 0.333. The Morgan fingerprint density at radius 3 is 2.88 bits per heavy atom. The molecular formula is C3H2ClNO3. The first-order chi connectivity index (χ1) is 3.81. The molecule has 0 aliphatic rings. The predicted molar refractivity (Wildman–Crippen MR) is 25.3 cm³/mol. The van der Waals surface area contributed by atoms with Crippen LogP contribution in [-0.2, 0) is 9.53 Å². The van der Waals surface area contributed by atoms with Crippen LogP contribution in [0, 0.1) is 0 Å². The minimum Gasteiger partial charge on any atom is -0.431 e. The summed E-state index contributed by atoms with van der Waals surface area (Å²) in [6, 6.07) is -0.302. The van der Waals surface area contributed by atoms with Crippen LogP contribution in [0.3, 0.4) is 0 Å². The molecule has 0 unspecified atom stereocenters. The number of isocyanates is 1. The van der Waals surface area contributed by atoms with Crippen LogP contribution < -0.4 is 0 Å². The molecule has 0 saturated heterocycles. The average Bonchev–Trinajstić information content (AvgIpc) is 1.68. The summed E-state index contributed by atoms with van der Waals surface area (Å²) >= 11 is 4.90. The number of ether oxygens (including phenoxy) is 1. The van der Waals surface area contributed by atoms with Crippen LogP contribution in [0.1, 0.15) is 0 Å². The molecule has 0 N–H and O–H groups in total. The predicted octanol–water partition coefficient (Wildman–Crippen LogP) is 0.655. The van der Waals surface area contributed by atoms with E-state index in [4.69, 9.17) is 11.6 Å². The molecule has 0 saturated carbocycles. The molecule has 0 aliphatic heterocycles. The molecule has 0 heterocycles. The fourth-order valence-electron chi connectivity index (χ4n) is 0.116. The molecule has 5 heteroatoms. The highest BCUT2D eigenvalue weighted by Crippen LogP contribution is 1.82. The van der Waals surface area contributed by atoms with Crippen molar-refractivity contribution in [2.75, 3.05) is 6.07 Å². The van der Waals surface area contributed by atoms with Gasteiger partial charge in [-0.25, -0.2) is 9.59 Å². The van der Waals surface area contributed by atoms with E-state index in [1.54, 1.807) is 0 Å². The van der Waals surface area contributed by atoms with E-state index in [-0.39, 0.29) is 6.07 Å². The lowest BCUT2D eigenvalue weighted by Gasteiger charge is -1.86. The Hall–Kier alpha value is -0.860. The Kier molecular flexibility index (Phi) is 3.84. The van der Waals surface area contributed by atoms with E-state index < -0.39 is 6.09 Å². The molecule has 0 spiro atoms. The number of hydrogen-bond donors (Lipinski definition) is 0. The Bertz CT molecular complexity index is 128. The summed E-state index contributed by atoms with van der Waals surface area (Å²) < 4.78 is 3.98. The first-order valence-corrected chi connectivity index (χ1v) is 2.15. The zero-order chi connectivity index (χ0) is 6.41. The highest BCUT2D eigenvalue weighted by molar-refractivity contribution is 6.17. The first kappa shape index (κ1) is 7.14. The van der Waals surface area contributed by atoms with Gasteiger partial charge in [0.2, 0.25) is 6.08 Å². The van der Waals surface area contributed by atoms with E-state index in [1.165, 1.54) is 0 Å². The normalized spacial score (nSPS) is 7.12. The number of hydrogen-bond acceptors (Lipinski definition) is 3. The van der Waals surface area contributed by atoms with Gasteiger partial charge in [0.05, 0.1) is 0 Å². The number of carbonyl (C=O) groups excluding carboxylic acids is 2. The van der Waals surface area contributed by atoms with Gasteiger partial charge in [-0.15, -0.1) is 0 Å². The molecular weight excluding hydrogens is 133 g/mol. The molecule has 1 amide bonds. The second-order valence-corrected chi connectivity index (χ2v) is 0.941. The zero-order valence-electron chi connectivity index (χ0n) is 3.76. The molecule has 0 radical (unpaired) electrons. The van der Waals surface area contributed by atoms with E-state index in [1.807, 2.05) is 0 Å². The Labute approximate surface area is 50.1 Å². The van der Waals surface area contributed by atoms with Crippen LogP contribution in [0.15, 0.2) is 4.99 Å². The molecule has 0 fully saturated rings. The average molecular weight is 136 g/mol. The summed E-state index contributed by atoms with van der Waals surface area (Å²) in [7, 11) is 0. The van der Waals surface area contributed by atoms with Gasteiger partial charge in [0.25, 0.3) is 0 Å². The highest BCUT2D eigenvalue weighted by atomic mass is 35.5. The van der Waals surface area contributed by atoms with Gasteiger partial charge in [-0.05, 0) is 0 Å². The summed E-state index contributed by atoms with van der Waals surface area (Å²) in [5.41, 5.74) is 0. The number of nitrogens with zero attached hydrogens (tertiary/aromatic N) is 1. The smallest absolute Gasteiger partial charge is 0.431 e. The highest BCUT2D eigenvalue weighted by Gasteiger charge is 1.92. The molecule has 44 valence electrons. The number of rotatable bonds is 1. The van der Waals surface area contributed by atoms with Crippen LogP contribution in [-0.4, -0.2) is 18.2 Å². The van der Waals surface area contributed by atoms with Crippen molar-refractivity contribution in [1.82, 2.24) is 0 Å². The van der Waals surface area contributed by atoms with Gasteiger partial charge in [-0.1, -0.05) is 16.6 Å². The largest absolute Gasteiger partial charge is 0.445 e. The van der Waals surface area contributed by atoms with Crippen LogP contribution in [0.5, 0.6) is 0 Å². The summed E-state index contributed by atoms with van der Waals surface area (Å²) in [4.78, 5) is 21.7. The van der Waals surface area contributed by atoms with Crippen LogP contribution in [0.2, 0.25) is 0 Å². The summed E-state index contributed by atoms with van der Waals surface area (Å²) in [6.07, 6.45) is -0.0244. The van der Waals surface area contributed by atoms with Crippen molar-refractivity contribution in [3.05, 3.63) is 0 Å². The Balaban J connectivity index is 3.49. The molecule has 8 heavy (non-hydrogen) atoms. The minimum absolute atomic E-state index is 0.302. The topological polar surface area (TPSA) is 55.7 Å².